The van der Waals surface area contributed by atoms with Crippen LogP contribution in [0.5, 0.6) is 5.75 Å². The van der Waals surface area contributed by atoms with Crippen LogP contribution in [0.1, 0.15) is 56.9 Å². The molecule has 180 valence electrons. The third kappa shape index (κ3) is 5.82. The molecule has 1 aromatic heterocycles. The highest BCUT2D eigenvalue weighted by Gasteiger charge is 2.26. The first-order chi connectivity index (χ1) is 16.0. The number of ether oxygens (including phenoxy) is 1. The average Bonchev–Trinajstić information content (AvgIpc) is 3.12. The molecule has 1 aliphatic carbocycles. The van der Waals surface area contributed by atoms with Crippen molar-refractivity contribution in [2.24, 2.45) is 0 Å². The number of benzene rings is 1. The first-order valence-corrected chi connectivity index (χ1v) is 12.1. The maximum absolute atomic E-state index is 14.4. The van der Waals surface area contributed by atoms with Crippen molar-refractivity contribution >= 4 is 17.8 Å². The highest BCUT2D eigenvalue weighted by molar-refractivity contribution is 5.45. The first-order valence-electron chi connectivity index (χ1n) is 12.1. The van der Waals surface area contributed by atoms with Crippen LogP contribution in [0.2, 0.25) is 0 Å². The topological polar surface area (TPSA) is 92.4 Å². The lowest BCUT2D eigenvalue weighted by Crippen LogP contribution is -2.42. The molecule has 3 N–H and O–H groups in total. The summed E-state index contributed by atoms with van der Waals surface area (Å²) in [5, 5.41) is 3.40. The molecule has 2 aromatic rings. The van der Waals surface area contributed by atoms with Gasteiger partial charge in [-0.15, -0.1) is 0 Å². The second kappa shape index (κ2) is 11.0. The minimum Gasteiger partial charge on any atom is -0.494 e. The van der Waals surface area contributed by atoms with Gasteiger partial charge in [0.25, 0.3) is 0 Å². The van der Waals surface area contributed by atoms with Gasteiger partial charge in [-0.3, -0.25) is 0 Å². The van der Waals surface area contributed by atoms with Crippen molar-refractivity contribution in [3.63, 3.8) is 0 Å². The van der Waals surface area contributed by atoms with E-state index in [4.69, 9.17) is 15.5 Å². The Balaban J connectivity index is 1.65. The summed E-state index contributed by atoms with van der Waals surface area (Å²) >= 11 is 0. The number of nitrogens with one attached hydrogen (secondary N) is 1. The van der Waals surface area contributed by atoms with Crippen molar-refractivity contribution in [1.82, 2.24) is 20.3 Å². The van der Waals surface area contributed by atoms with Gasteiger partial charge in [-0.25, -0.2) is 4.39 Å². The number of nitrogens with two attached hydrogens (primary N) is 1. The standard InChI is InChI=1S/C24H36FN7O/c1-31(18-11-13-27-14-12-18)23-28-22(26)29-24(30-23)32(19-7-5-3-4-6-8-19)16-17-9-10-21(33-2)20(25)15-17/h9-10,15,18-19,27H,3-8,11-14,16H2,1-2H3,(H2,26,28,29,30). The molecular formula is C24H36FN7O. The fourth-order valence-electron chi connectivity index (χ4n) is 4.95. The highest BCUT2D eigenvalue weighted by Crippen LogP contribution is 2.29. The van der Waals surface area contributed by atoms with E-state index in [9.17, 15) is 4.39 Å². The minimum atomic E-state index is -0.364. The number of hydrogen-bond acceptors (Lipinski definition) is 8. The van der Waals surface area contributed by atoms with Crippen LogP contribution < -0.4 is 25.6 Å². The maximum Gasteiger partial charge on any atom is 0.232 e. The molecule has 2 fully saturated rings. The molecule has 0 amide bonds. The van der Waals surface area contributed by atoms with Crippen molar-refractivity contribution in [2.45, 2.75) is 70.0 Å². The molecule has 9 heteroatoms. The van der Waals surface area contributed by atoms with Crippen molar-refractivity contribution in [3.8, 4) is 5.75 Å². The summed E-state index contributed by atoms with van der Waals surface area (Å²) in [5.74, 6) is 1.27. The Labute approximate surface area is 195 Å². The monoisotopic (exact) mass is 457 g/mol. The maximum atomic E-state index is 14.4. The number of aromatic nitrogens is 3. The molecule has 0 spiro atoms. The average molecular weight is 458 g/mol. The second-order valence-electron chi connectivity index (χ2n) is 9.13. The van der Waals surface area contributed by atoms with Gasteiger partial charge >= 0.3 is 0 Å². The van der Waals surface area contributed by atoms with E-state index in [2.05, 4.69) is 25.1 Å². The summed E-state index contributed by atoms with van der Waals surface area (Å²) in [7, 11) is 3.51. The van der Waals surface area contributed by atoms with Crippen LogP contribution in [0.4, 0.5) is 22.2 Å². The van der Waals surface area contributed by atoms with Crippen LogP contribution in [0.3, 0.4) is 0 Å². The number of nitrogen functional groups attached to an aromatic ring is 1. The zero-order valence-electron chi connectivity index (χ0n) is 19.8. The highest BCUT2D eigenvalue weighted by atomic mass is 19.1. The van der Waals surface area contributed by atoms with Crippen LogP contribution in [0, 0.1) is 5.82 Å². The normalized spacial score (nSPS) is 18.0. The zero-order chi connectivity index (χ0) is 23.2. The van der Waals surface area contributed by atoms with Gasteiger partial charge in [-0.2, -0.15) is 15.0 Å². The van der Waals surface area contributed by atoms with E-state index in [0.717, 1.165) is 44.3 Å². The van der Waals surface area contributed by atoms with E-state index in [-0.39, 0.29) is 23.6 Å². The number of halogens is 1. The summed E-state index contributed by atoms with van der Waals surface area (Å²) in [6.07, 6.45) is 9.01. The second-order valence-corrected chi connectivity index (χ2v) is 9.13. The van der Waals surface area contributed by atoms with Gasteiger partial charge in [-0.05, 0) is 56.5 Å². The number of hydrogen-bond donors (Lipinski definition) is 2. The molecule has 4 rings (SSSR count). The lowest BCUT2D eigenvalue weighted by atomic mass is 10.1. The van der Waals surface area contributed by atoms with E-state index in [0.29, 0.717) is 24.5 Å². The Kier molecular flexibility index (Phi) is 7.80. The molecule has 1 saturated heterocycles. The lowest BCUT2D eigenvalue weighted by Gasteiger charge is -2.34. The van der Waals surface area contributed by atoms with Crippen LogP contribution >= 0.6 is 0 Å². The SMILES string of the molecule is COc1ccc(CN(c2nc(N)nc(N(C)C3CCNCC3)n2)C2CCCCCC2)cc1F. The van der Waals surface area contributed by atoms with Crippen LogP contribution in [-0.4, -0.2) is 54.3 Å². The molecule has 8 nitrogen and oxygen atoms in total. The number of anilines is 3. The summed E-state index contributed by atoms with van der Waals surface area (Å²) in [6.45, 7) is 2.48. The van der Waals surface area contributed by atoms with Crippen molar-refractivity contribution in [3.05, 3.63) is 29.6 Å². The Morgan fingerprint density at radius 2 is 1.70 bits per heavy atom. The van der Waals surface area contributed by atoms with Gasteiger partial charge in [0, 0.05) is 25.7 Å². The molecule has 0 unspecified atom stereocenters. The molecule has 2 heterocycles. The number of methoxy groups -OCH3 is 1. The summed E-state index contributed by atoms with van der Waals surface area (Å²) < 4.78 is 19.5. The number of rotatable bonds is 7. The van der Waals surface area contributed by atoms with E-state index in [1.54, 1.807) is 6.07 Å². The fourth-order valence-corrected chi connectivity index (χ4v) is 4.95. The number of nitrogens with zero attached hydrogens (tertiary/aromatic N) is 5. The van der Waals surface area contributed by atoms with Gasteiger partial charge in [-0.1, -0.05) is 31.7 Å². The molecular weight excluding hydrogens is 421 g/mol. The molecule has 0 bridgehead atoms. The minimum absolute atomic E-state index is 0.218. The molecule has 1 aliphatic heterocycles. The quantitative estimate of drug-likeness (QED) is 0.610. The van der Waals surface area contributed by atoms with E-state index < -0.39 is 0 Å². The van der Waals surface area contributed by atoms with Gasteiger partial charge in [0.2, 0.25) is 17.8 Å². The van der Waals surface area contributed by atoms with E-state index in [1.165, 1.54) is 38.9 Å². The zero-order valence-corrected chi connectivity index (χ0v) is 19.8. The number of piperidine rings is 1. The van der Waals surface area contributed by atoms with Crippen LogP contribution in [-0.2, 0) is 6.54 Å². The largest absolute Gasteiger partial charge is 0.494 e. The Morgan fingerprint density at radius 1 is 1.00 bits per heavy atom. The van der Waals surface area contributed by atoms with E-state index >= 15 is 0 Å². The Bertz CT molecular complexity index is 914. The van der Waals surface area contributed by atoms with Crippen LogP contribution in [0.25, 0.3) is 0 Å². The van der Waals surface area contributed by atoms with Crippen molar-refractivity contribution < 1.29 is 9.13 Å². The molecule has 2 aliphatic rings. The third-order valence-electron chi connectivity index (χ3n) is 6.89. The Hall–Kier alpha value is -2.68. The van der Waals surface area contributed by atoms with Crippen LogP contribution in [0.15, 0.2) is 18.2 Å². The molecule has 0 radical (unpaired) electrons. The Morgan fingerprint density at radius 3 is 2.36 bits per heavy atom. The fraction of sp³-hybridized carbons (Fsp3) is 0.625. The molecule has 33 heavy (non-hydrogen) atoms. The van der Waals surface area contributed by atoms with Gasteiger partial charge in [0.15, 0.2) is 11.6 Å². The summed E-state index contributed by atoms with van der Waals surface area (Å²) in [6, 6.07) is 5.75. The predicted octanol–water partition coefficient (Wildman–Crippen LogP) is 3.52. The smallest absolute Gasteiger partial charge is 0.232 e. The molecule has 1 saturated carbocycles. The lowest BCUT2D eigenvalue weighted by molar-refractivity contribution is 0.386. The van der Waals surface area contributed by atoms with Crippen molar-refractivity contribution in [2.75, 3.05) is 42.8 Å². The molecule has 1 aromatic carbocycles. The summed E-state index contributed by atoms with van der Waals surface area (Å²) in [4.78, 5) is 18.2. The summed E-state index contributed by atoms with van der Waals surface area (Å²) in [5.41, 5.74) is 7.03. The third-order valence-corrected chi connectivity index (χ3v) is 6.89. The van der Waals surface area contributed by atoms with E-state index in [1.807, 2.05) is 13.1 Å². The molecule has 0 atom stereocenters. The van der Waals surface area contributed by atoms with Gasteiger partial charge < -0.3 is 25.6 Å². The van der Waals surface area contributed by atoms with Gasteiger partial charge in [0.1, 0.15) is 0 Å². The first kappa shape index (κ1) is 23.5. The van der Waals surface area contributed by atoms with Crippen molar-refractivity contribution in [1.29, 1.82) is 0 Å². The predicted molar refractivity (Wildman–Crippen MR) is 129 cm³/mol. The van der Waals surface area contributed by atoms with Gasteiger partial charge in [0.05, 0.1) is 7.11 Å².